The lowest BCUT2D eigenvalue weighted by atomic mass is 9.78. The molecule has 3 heteroatoms. The summed E-state index contributed by atoms with van der Waals surface area (Å²) in [5.74, 6) is 0.426. The Morgan fingerprint density at radius 2 is 1.95 bits per heavy atom. The molecule has 2 fully saturated rings. The normalized spacial score (nSPS) is 26.9. The number of hydrogen-bond donors (Lipinski definition) is 0. The van der Waals surface area contributed by atoms with E-state index in [-0.39, 0.29) is 5.82 Å². The highest BCUT2D eigenvalue weighted by atomic mass is 19.1. The SMILES string of the molecule is O=Cc1cc(F)ccc1N1CCCC2CCCCC21. The van der Waals surface area contributed by atoms with E-state index < -0.39 is 0 Å². The van der Waals surface area contributed by atoms with Crippen LogP contribution in [0, 0.1) is 11.7 Å². The molecule has 0 spiro atoms. The van der Waals surface area contributed by atoms with Crippen molar-refractivity contribution >= 4 is 12.0 Å². The highest BCUT2D eigenvalue weighted by molar-refractivity contribution is 5.84. The van der Waals surface area contributed by atoms with Gasteiger partial charge in [0.1, 0.15) is 5.82 Å². The summed E-state index contributed by atoms with van der Waals surface area (Å²) >= 11 is 0. The molecule has 1 aromatic rings. The smallest absolute Gasteiger partial charge is 0.152 e. The minimum Gasteiger partial charge on any atom is -0.368 e. The number of halogens is 1. The quantitative estimate of drug-likeness (QED) is 0.755. The number of nitrogens with zero attached hydrogens (tertiary/aromatic N) is 1. The fourth-order valence-corrected chi connectivity index (χ4v) is 3.81. The Morgan fingerprint density at radius 1 is 1.16 bits per heavy atom. The Kier molecular flexibility index (Phi) is 3.54. The molecular weight excluding hydrogens is 241 g/mol. The van der Waals surface area contributed by atoms with Crippen molar-refractivity contribution in [3.8, 4) is 0 Å². The molecule has 1 saturated carbocycles. The van der Waals surface area contributed by atoms with Crippen molar-refractivity contribution < 1.29 is 9.18 Å². The van der Waals surface area contributed by atoms with Crippen molar-refractivity contribution in [1.82, 2.24) is 0 Å². The van der Waals surface area contributed by atoms with Gasteiger partial charge in [-0.25, -0.2) is 4.39 Å². The van der Waals surface area contributed by atoms with E-state index in [4.69, 9.17) is 0 Å². The maximum Gasteiger partial charge on any atom is 0.152 e. The number of hydrogen-bond acceptors (Lipinski definition) is 2. The van der Waals surface area contributed by atoms with E-state index in [2.05, 4.69) is 4.90 Å². The number of aldehydes is 1. The van der Waals surface area contributed by atoms with Gasteiger partial charge in [0.2, 0.25) is 0 Å². The maximum atomic E-state index is 13.3. The number of fused-ring (bicyclic) bond motifs is 1. The molecule has 0 aromatic heterocycles. The Labute approximate surface area is 113 Å². The third-order valence-electron chi connectivity index (χ3n) is 4.67. The van der Waals surface area contributed by atoms with Gasteiger partial charge in [0.25, 0.3) is 0 Å². The van der Waals surface area contributed by atoms with Crippen LogP contribution in [0.1, 0.15) is 48.9 Å². The molecule has 2 atom stereocenters. The monoisotopic (exact) mass is 261 g/mol. The highest BCUT2D eigenvalue weighted by Gasteiger charge is 2.34. The van der Waals surface area contributed by atoms with Crippen molar-refractivity contribution in [2.24, 2.45) is 5.92 Å². The highest BCUT2D eigenvalue weighted by Crippen LogP contribution is 2.38. The molecule has 102 valence electrons. The first-order valence-electron chi connectivity index (χ1n) is 7.31. The van der Waals surface area contributed by atoms with Crippen molar-refractivity contribution in [2.75, 3.05) is 11.4 Å². The molecule has 19 heavy (non-hydrogen) atoms. The lowest BCUT2D eigenvalue weighted by molar-refractivity contribution is 0.112. The van der Waals surface area contributed by atoms with Crippen molar-refractivity contribution in [3.63, 3.8) is 0 Å². The van der Waals surface area contributed by atoms with Crippen molar-refractivity contribution in [1.29, 1.82) is 0 Å². The van der Waals surface area contributed by atoms with Crippen LogP contribution >= 0.6 is 0 Å². The van der Waals surface area contributed by atoms with Crippen LogP contribution in [-0.4, -0.2) is 18.9 Å². The van der Waals surface area contributed by atoms with Gasteiger partial charge in [0.15, 0.2) is 6.29 Å². The molecule has 0 N–H and O–H groups in total. The zero-order valence-corrected chi connectivity index (χ0v) is 11.1. The molecule has 2 nitrogen and oxygen atoms in total. The molecule has 1 saturated heterocycles. The lowest BCUT2D eigenvalue weighted by Gasteiger charge is -2.45. The summed E-state index contributed by atoms with van der Waals surface area (Å²) in [6.07, 6.45) is 8.38. The zero-order valence-electron chi connectivity index (χ0n) is 11.1. The number of piperidine rings is 1. The first-order valence-corrected chi connectivity index (χ1v) is 7.31. The lowest BCUT2D eigenvalue weighted by Crippen LogP contribution is -2.47. The van der Waals surface area contributed by atoms with Crippen LogP contribution < -0.4 is 4.90 Å². The van der Waals surface area contributed by atoms with E-state index in [9.17, 15) is 9.18 Å². The van der Waals surface area contributed by atoms with Gasteiger partial charge in [-0.3, -0.25) is 4.79 Å². The average Bonchev–Trinajstić information content (AvgIpc) is 2.46. The van der Waals surface area contributed by atoms with E-state index in [0.717, 1.165) is 24.4 Å². The maximum absolute atomic E-state index is 13.3. The second-order valence-corrected chi connectivity index (χ2v) is 5.77. The molecular formula is C16H20FNO. The number of rotatable bonds is 2. The van der Waals surface area contributed by atoms with Gasteiger partial charge in [-0.1, -0.05) is 12.8 Å². The van der Waals surface area contributed by atoms with Crippen LogP contribution in [-0.2, 0) is 0 Å². The summed E-state index contributed by atoms with van der Waals surface area (Å²) in [7, 11) is 0. The standard InChI is InChI=1S/C16H20FNO/c17-14-7-8-16(13(10-14)11-19)18-9-3-5-12-4-1-2-6-15(12)18/h7-8,10-12,15H,1-6,9H2. The molecule has 1 aliphatic heterocycles. The first-order chi connectivity index (χ1) is 9.29. The first kappa shape index (κ1) is 12.6. The summed E-state index contributed by atoms with van der Waals surface area (Å²) in [5, 5.41) is 0. The summed E-state index contributed by atoms with van der Waals surface area (Å²) < 4.78 is 13.3. The molecule has 3 rings (SSSR count). The molecule has 1 aliphatic carbocycles. The number of carbonyl (C=O) groups excluding carboxylic acids is 1. The number of benzene rings is 1. The summed E-state index contributed by atoms with van der Waals surface area (Å²) in [4.78, 5) is 13.5. The Morgan fingerprint density at radius 3 is 2.79 bits per heavy atom. The van der Waals surface area contributed by atoms with Crippen LogP contribution in [0.3, 0.4) is 0 Å². The van der Waals surface area contributed by atoms with E-state index in [0.29, 0.717) is 11.6 Å². The number of carbonyl (C=O) groups is 1. The molecule has 0 bridgehead atoms. The van der Waals surface area contributed by atoms with Gasteiger partial charge < -0.3 is 4.90 Å². The number of anilines is 1. The third kappa shape index (κ3) is 2.38. The Bertz CT molecular complexity index is 472. The zero-order chi connectivity index (χ0) is 13.2. The summed E-state index contributed by atoms with van der Waals surface area (Å²) in [5.41, 5.74) is 1.42. The van der Waals surface area contributed by atoms with E-state index in [1.807, 2.05) is 0 Å². The largest absolute Gasteiger partial charge is 0.368 e. The van der Waals surface area contributed by atoms with Crippen LogP contribution in [0.25, 0.3) is 0 Å². The van der Waals surface area contributed by atoms with Crippen molar-refractivity contribution in [3.05, 3.63) is 29.6 Å². The minimum absolute atomic E-state index is 0.331. The van der Waals surface area contributed by atoms with Crippen LogP contribution in [0.4, 0.5) is 10.1 Å². The second kappa shape index (κ2) is 5.32. The van der Waals surface area contributed by atoms with Gasteiger partial charge >= 0.3 is 0 Å². The van der Waals surface area contributed by atoms with Gasteiger partial charge in [0, 0.05) is 23.8 Å². The molecule has 0 amide bonds. The van der Waals surface area contributed by atoms with Crippen LogP contribution in [0.2, 0.25) is 0 Å². The molecule has 0 radical (unpaired) electrons. The Balaban J connectivity index is 1.93. The van der Waals surface area contributed by atoms with Crippen LogP contribution in [0.15, 0.2) is 18.2 Å². The van der Waals surface area contributed by atoms with E-state index in [1.165, 1.54) is 50.7 Å². The molecule has 2 aliphatic rings. The van der Waals surface area contributed by atoms with Crippen molar-refractivity contribution in [2.45, 2.75) is 44.6 Å². The van der Waals surface area contributed by atoms with Gasteiger partial charge in [-0.05, 0) is 49.8 Å². The summed E-state index contributed by atoms with van der Waals surface area (Å²) in [6.45, 7) is 0.994. The topological polar surface area (TPSA) is 20.3 Å². The average molecular weight is 261 g/mol. The minimum atomic E-state index is -0.331. The predicted molar refractivity (Wildman–Crippen MR) is 74.1 cm³/mol. The van der Waals surface area contributed by atoms with E-state index >= 15 is 0 Å². The van der Waals surface area contributed by atoms with E-state index in [1.54, 1.807) is 6.07 Å². The third-order valence-corrected chi connectivity index (χ3v) is 4.67. The second-order valence-electron chi connectivity index (χ2n) is 5.77. The predicted octanol–water partition coefficient (Wildman–Crippen LogP) is 3.80. The molecule has 1 aromatic carbocycles. The summed E-state index contributed by atoms with van der Waals surface area (Å²) in [6, 6.07) is 5.14. The molecule has 2 unspecified atom stereocenters. The van der Waals surface area contributed by atoms with Gasteiger partial charge in [-0.15, -0.1) is 0 Å². The van der Waals surface area contributed by atoms with Crippen LogP contribution in [0.5, 0.6) is 0 Å². The molecule has 1 heterocycles. The van der Waals surface area contributed by atoms with Gasteiger partial charge in [0.05, 0.1) is 0 Å². The fraction of sp³-hybridized carbons (Fsp3) is 0.562. The van der Waals surface area contributed by atoms with Gasteiger partial charge in [-0.2, -0.15) is 0 Å². The fourth-order valence-electron chi connectivity index (χ4n) is 3.81. The Hall–Kier alpha value is -1.38.